The molecule has 0 fully saturated rings. The molecule has 0 bridgehead atoms. The van der Waals surface area contributed by atoms with Crippen LogP contribution in [0.5, 0.6) is 5.75 Å². The van der Waals surface area contributed by atoms with Crippen molar-refractivity contribution in [3.63, 3.8) is 0 Å². The molecule has 0 aliphatic rings. The van der Waals surface area contributed by atoms with Crippen LogP contribution in [-0.2, 0) is 9.59 Å². The van der Waals surface area contributed by atoms with Crippen LogP contribution in [0.2, 0.25) is 0 Å². The van der Waals surface area contributed by atoms with Crippen molar-refractivity contribution in [2.45, 2.75) is 32.9 Å². The number of ether oxygens (including phenoxy) is 1. The van der Waals surface area contributed by atoms with Crippen molar-refractivity contribution in [2.24, 2.45) is 5.92 Å². The number of nitrogens with one attached hydrogen (secondary N) is 1. The van der Waals surface area contributed by atoms with Gasteiger partial charge in [-0.2, -0.15) is 0 Å². The average Bonchev–Trinajstić information content (AvgIpc) is 2.37. The van der Waals surface area contributed by atoms with Crippen LogP contribution < -0.4 is 10.1 Å². The Kier molecular flexibility index (Phi) is 5.49. The SMILES string of the molecule is CC(C)[C@H](NC(=O)[C@H](C)Oc1ccc(F)cc1)C(=O)O. The Morgan fingerprint density at radius 2 is 1.75 bits per heavy atom. The van der Waals surface area contributed by atoms with Crippen LogP contribution >= 0.6 is 0 Å². The lowest BCUT2D eigenvalue weighted by molar-refractivity contribution is -0.144. The Morgan fingerprint density at radius 3 is 2.20 bits per heavy atom. The van der Waals surface area contributed by atoms with Crippen molar-refractivity contribution >= 4 is 11.9 Å². The maximum atomic E-state index is 12.7. The topological polar surface area (TPSA) is 75.6 Å². The van der Waals surface area contributed by atoms with E-state index in [9.17, 15) is 14.0 Å². The first-order valence-corrected chi connectivity index (χ1v) is 6.26. The van der Waals surface area contributed by atoms with Gasteiger partial charge in [0.2, 0.25) is 0 Å². The minimum absolute atomic E-state index is 0.241. The van der Waals surface area contributed by atoms with Gasteiger partial charge < -0.3 is 15.2 Å². The largest absolute Gasteiger partial charge is 0.481 e. The highest BCUT2D eigenvalue weighted by molar-refractivity contribution is 5.86. The number of hydrogen-bond donors (Lipinski definition) is 2. The Morgan fingerprint density at radius 1 is 1.20 bits per heavy atom. The van der Waals surface area contributed by atoms with Crippen molar-refractivity contribution in [3.05, 3.63) is 30.1 Å². The molecule has 1 amide bonds. The van der Waals surface area contributed by atoms with E-state index in [1.807, 2.05) is 0 Å². The lowest BCUT2D eigenvalue weighted by Gasteiger charge is -2.21. The summed E-state index contributed by atoms with van der Waals surface area (Å²) in [6, 6.07) is 4.26. The van der Waals surface area contributed by atoms with Crippen molar-refractivity contribution in [3.8, 4) is 5.75 Å². The predicted octanol–water partition coefficient (Wildman–Crippen LogP) is 1.82. The van der Waals surface area contributed by atoms with E-state index in [2.05, 4.69) is 5.32 Å². The predicted molar refractivity (Wildman–Crippen MR) is 70.9 cm³/mol. The second kappa shape index (κ2) is 6.88. The molecule has 0 saturated carbocycles. The zero-order valence-corrected chi connectivity index (χ0v) is 11.6. The van der Waals surface area contributed by atoms with Crippen molar-refractivity contribution in [1.82, 2.24) is 5.32 Å². The van der Waals surface area contributed by atoms with Crippen molar-refractivity contribution in [1.29, 1.82) is 0 Å². The summed E-state index contributed by atoms with van der Waals surface area (Å²) in [6.45, 7) is 4.90. The summed E-state index contributed by atoms with van der Waals surface area (Å²) >= 11 is 0. The molecule has 110 valence electrons. The molecule has 0 radical (unpaired) electrons. The molecule has 2 atom stereocenters. The fourth-order valence-electron chi connectivity index (χ4n) is 1.55. The lowest BCUT2D eigenvalue weighted by atomic mass is 10.0. The van der Waals surface area contributed by atoms with Gasteiger partial charge in [0.25, 0.3) is 5.91 Å². The number of benzene rings is 1. The number of rotatable bonds is 6. The van der Waals surface area contributed by atoms with Gasteiger partial charge in [-0.15, -0.1) is 0 Å². The third-order valence-corrected chi connectivity index (χ3v) is 2.73. The normalized spacial score (nSPS) is 13.7. The van der Waals surface area contributed by atoms with Gasteiger partial charge in [-0.05, 0) is 37.1 Å². The number of aliphatic carboxylic acids is 1. The van der Waals surface area contributed by atoms with Crippen LogP contribution in [0.3, 0.4) is 0 Å². The summed E-state index contributed by atoms with van der Waals surface area (Å²) in [7, 11) is 0. The van der Waals surface area contributed by atoms with Gasteiger partial charge in [0.05, 0.1) is 0 Å². The molecule has 0 saturated heterocycles. The summed E-state index contributed by atoms with van der Waals surface area (Å²) in [5, 5.41) is 11.4. The first-order valence-electron chi connectivity index (χ1n) is 6.26. The van der Waals surface area contributed by atoms with Crippen molar-refractivity contribution in [2.75, 3.05) is 0 Å². The van der Waals surface area contributed by atoms with Gasteiger partial charge in [0.15, 0.2) is 6.10 Å². The monoisotopic (exact) mass is 283 g/mol. The van der Waals surface area contributed by atoms with Gasteiger partial charge in [0.1, 0.15) is 17.6 Å². The second-order valence-corrected chi connectivity index (χ2v) is 4.78. The average molecular weight is 283 g/mol. The Hall–Kier alpha value is -2.11. The molecule has 5 nitrogen and oxygen atoms in total. The van der Waals surface area contributed by atoms with Gasteiger partial charge in [0, 0.05) is 0 Å². The third-order valence-electron chi connectivity index (χ3n) is 2.73. The maximum absolute atomic E-state index is 12.7. The first-order chi connectivity index (χ1) is 9.31. The molecule has 2 N–H and O–H groups in total. The maximum Gasteiger partial charge on any atom is 0.326 e. The fourth-order valence-corrected chi connectivity index (χ4v) is 1.55. The molecule has 6 heteroatoms. The van der Waals surface area contributed by atoms with E-state index >= 15 is 0 Å². The van der Waals surface area contributed by atoms with E-state index in [1.54, 1.807) is 13.8 Å². The molecular formula is C14H18FNO4. The fraction of sp³-hybridized carbons (Fsp3) is 0.429. The van der Waals surface area contributed by atoms with Crippen LogP contribution in [0.1, 0.15) is 20.8 Å². The first kappa shape index (κ1) is 15.9. The quantitative estimate of drug-likeness (QED) is 0.835. The van der Waals surface area contributed by atoms with Crippen molar-refractivity contribution < 1.29 is 23.8 Å². The van der Waals surface area contributed by atoms with Crippen LogP contribution in [0.25, 0.3) is 0 Å². The third kappa shape index (κ3) is 4.53. The van der Waals surface area contributed by atoms with E-state index in [-0.39, 0.29) is 5.92 Å². The number of amides is 1. The molecule has 0 aliphatic heterocycles. The second-order valence-electron chi connectivity index (χ2n) is 4.78. The molecule has 1 aromatic carbocycles. The number of halogens is 1. The summed E-state index contributed by atoms with van der Waals surface area (Å²) in [5.74, 6) is -1.93. The number of hydrogen-bond acceptors (Lipinski definition) is 3. The standard InChI is InChI=1S/C14H18FNO4/c1-8(2)12(14(18)19)16-13(17)9(3)20-11-6-4-10(15)5-7-11/h4-9,12H,1-3H3,(H,16,17)(H,18,19)/t9-,12-/m0/s1. The number of carboxylic acid groups (broad SMARTS) is 1. The summed E-state index contributed by atoms with van der Waals surface area (Å²) in [5.41, 5.74) is 0. The zero-order valence-electron chi connectivity index (χ0n) is 11.6. The van der Waals surface area contributed by atoms with Crippen LogP contribution in [0, 0.1) is 11.7 Å². The molecular weight excluding hydrogens is 265 g/mol. The van der Waals surface area contributed by atoms with Crippen LogP contribution in [-0.4, -0.2) is 29.1 Å². The molecule has 1 aromatic rings. The molecule has 20 heavy (non-hydrogen) atoms. The molecule has 0 aromatic heterocycles. The van der Waals surface area contributed by atoms with Gasteiger partial charge in [-0.1, -0.05) is 13.8 Å². The highest BCUT2D eigenvalue weighted by Gasteiger charge is 2.26. The van der Waals surface area contributed by atoms with E-state index in [4.69, 9.17) is 9.84 Å². The van der Waals surface area contributed by atoms with Crippen LogP contribution in [0.4, 0.5) is 4.39 Å². The molecule has 0 heterocycles. The van der Waals surface area contributed by atoms with E-state index in [0.29, 0.717) is 5.75 Å². The summed E-state index contributed by atoms with van der Waals surface area (Å²) < 4.78 is 18.1. The molecule has 1 rings (SSSR count). The van der Waals surface area contributed by atoms with E-state index in [0.717, 1.165) is 0 Å². The summed E-state index contributed by atoms with van der Waals surface area (Å²) in [6.07, 6.45) is -0.874. The highest BCUT2D eigenvalue weighted by Crippen LogP contribution is 2.13. The highest BCUT2D eigenvalue weighted by atomic mass is 19.1. The minimum Gasteiger partial charge on any atom is -0.481 e. The Labute approximate surface area is 116 Å². The molecule has 0 unspecified atom stereocenters. The number of carbonyl (C=O) groups excluding carboxylic acids is 1. The minimum atomic E-state index is -1.10. The zero-order chi connectivity index (χ0) is 15.3. The van der Waals surface area contributed by atoms with Gasteiger partial charge >= 0.3 is 5.97 Å². The molecule has 0 aliphatic carbocycles. The van der Waals surface area contributed by atoms with Crippen LogP contribution in [0.15, 0.2) is 24.3 Å². The van der Waals surface area contributed by atoms with E-state index in [1.165, 1.54) is 31.2 Å². The number of carbonyl (C=O) groups is 2. The van der Waals surface area contributed by atoms with Gasteiger partial charge in [-0.25, -0.2) is 9.18 Å². The number of carboxylic acids is 1. The smallest absolute Gasteiger partial charge is 0.326 e. The van der Waals surface area contributed by atoms with Gasteiger partial charge in [-0.3, -0.25) is 4.79 Å². The Bertz CT molecular complexity index is 473. The summed E-state index contributed by atoms with van der Waals surface area (Å²) in [4.78, 5) is 22.9. The molecule has 0 spiro atoms. The lowest BCUT2D eigenvalue weighted by Crippen LogP contribution is -2.48. The van der Waals surface area contributed by atoms with E-state index < -0.39 is 29.8 Å². The Balaban J connectivity index is 2.62.